The number of rotatable bonds is 1. The molecular formula is C15H14N2O5S. The lowest BCUT2D eigenvalue weighted by Gasteiger charge is -2.26. The number of aromatic nitrogens is 1. The number of hydrogen-bond acceptors (Lipinski definition) is 6. The van der Waals surface area contributed by atoms with Crippen LogP contribution in [0.1, 0.15) is 16.1 Å². The first-order valence-electron chi connectivity index (χ1n) is 7.25. The largest absolute Gasteiger partial charge is 0.378 e. The maximum atomic E-state index is 12.6. The van der Waals surface area contributed by atoms with Gasteiger partial charge in [0.1, 0.15) is 0 Å². The summed E-state index contributed by atoms with van der Waals surface area (Å²) < 4.78 is 35.5. The summed E-state index contributed by atoms with van der Waals surface area (Å²) in [5.74, 6) is -0.214. The predicted octanol–water partition coefficient (Wildman–Crippen LogP) is 1.10. The van der Waals surface area contributed by atoms with Crippen LogP contribution in [0.25, 0.3) is 11.3 Å². The summed E-state index contributed by atoms with van der Waals surface area (Å²) in [4.78, 5) is 14.4. The Bertz CT molecular complexity index is 881. The molecule has 0 atom stereocenters. The molecule has 2 aromatic rings. The van der Waals surface area contributed by atoms with E-state index >= 15 is 0 Å². The molecule has 8 heteroatoms. The van der Waals surface area contributed by atoms with E-state index in [1.54, 1.807) is 29.2 Å². The van der Waals surface area contributed by atoms with Crippen molar-refractivity contribution in [1.82, 2.24) is 10.1 Å². The van der Waals surface area contributed by atoms with E-state index < -0.39 is 9.84 Å². The van der Waals surface area contributed by atoms with Crippen LogP contribution >= 0.6 is 0 Å². The summed E-state index contributed by atoms with van der Waals surface area (Å²) in [5, 5.41) is 3.87. The molecule has 1 saturated heterocycles. The Morgan fingerprint density at radius 3 is 2.70 bits per heavy atom. The number of amides is 1. The van der Waals surface area contributed by atoms with Gasteiger partial charge < -0.3 is 14.2 Å². The minimum atomic E-state index is -3.51. The van der Waals surface area contributed by atoms with E-state index in [0.29, 0.717) is 43.2 Å². The third kappa shape index (κ3) is 2.25. The second kappa shape index (κ2) is 5.17. The summed E-state index contributed by atoms with van der Waals surface area (Å²) >= 11 is 0. The molecule has 0 aliphatic carbocycles. The molecule has 0 radical (unpaired) electrons. The number of hydrogen-bond donors (Lipinski definition) is 0. The van der Waals surface area contributed by atoms with Crippen molar-refractivity contribution in [3.05, 3.63) is 35.5 Å². The summed E-state index contributed by atoms with van der Waals surface area (Å²) in [6.07, 6.45) is 0. The third-order valence-corrected chi connectivity index (χ3v) is 5.78. The zero-order valence-electron chi connectivity index (χ0n) is 12.2. The molecule has 120 valence electrons. The topological polar surface area (TPSA) is 89.7 Å². The van der Waals surface area contributed by atoms with Gasteiger partial charge in [0.15, 0.2) is 21.3 Å². The molecule has 2 aliphatic rings. The van der Waals surface area contributed by atoms with Gasteiger partial charge in [0, 0.05) is 24.2 Å². The molecule has 3 heterocycles. The number of carbonyl (C=O) groups is 1. The molecule has 7 nitrogen and oxygen atoms in total. The standard InChI is InChI=1S/C15H14N2O5S/c18-15(17-5-7-21-8-6-17)13-11-9-23(19,20)12-4-2-1-3-10(12)14(11)22-16-13/h1-4H,5-9H2. The average molecular weight is 334 g/mol. The minimum absolute atomic E-state index is 0.0833. The molecule has 1 aromatic carbocycles. The Labute approximate surface area is 132 Å². The summed E-state index contributed by atoms with van der Waals surface area (Å²) in [7, 11) is -3.51. The lowest BCUT2D eigenvalue weighted by atomic mass is 10.1. The fourth-order valence-corrected chi connectivity index (χ4v) is 4.52. The van der Waals surface area contributed by atoms with Crippen LogP contribution < -0.4 is 0 Å². The number of fused-ring (bicyclic) bond motifs is 3. The molecule has 0 saturated carbocycles. The van der Waals surface area contributed by atoms with Crippen molar-refractivity contribution in [3.8, 4) is 11.3 Å². The van der Waals surface area contributed by atoms with E-state index in [-0.39, 0.29) is 22.2 Å². The summed E-state index contributed by atoms with van der Waals surface area (Å²) in [6.45, 7) is 1.85. The highest BCUT2D eigenvalue weighted by Gasteiger charge is 2.36. The molecule has 1 fully saturated rings. The van der Waals surface area contributed by atoms with Crippen LogP contribution in [0.3, 0.4) is 0 Å². The molecule has 0 N–H and O–H groups in total. The zero-order chi connectivity index (χ0) is 16.0. The molecule has 1 amide bonds. The lowest BCUT2D eigenvalue weighted by molar-refractivity contribution is 0.0296. The zero-order valence-corrected chi connectivity index (χ0v) is 13.0. The molecule has 0 unspecified atom stereocenters. The van der Waals surface area contributed by atoms with Gasteiger partial charge in [-0.05, 0) is 12.1 Å². The van der Waals surface area contributed by atoms with Crippen molar-refractivity contribution in [2.24, 2.45) is 0 Å². The van der Waals surface area contributed by atoms with Gasteiger partial charge in [-0.1, -0.05) is 17.3 Å². The van der Waals surface area contributed by atoms with Gasteiger partial charge in [0.25, 0.3) is 5.91 Å². The number of benzene rings is 1. The highest BCUT2D eigenvalue weighted by molar-refractivity contribution is 7.90. The fourth-order valence-electron chi connectivity index (χ4n) is 2.93. The second-order valence-electron chi connectivity index (χ2n) is 5.50. The van der Waals surface area contributed by atoms with E-state index in [1.807, 2.05) is 0 Å². The second-order valence-corrected chi connectivity index (χ2v) is 7.46. The van der Waals surface area contributed by atoms with Crippen molar-refractivity contribution in [3.63, 3.8) is 0 Å². The Morgan fingerprint density at radius 1 is 1.17 bits per heavy atom. The molecule has 1 aromatic heterocycles. The minimum Gasteiger partial charge on any atom is -0.378 e. The van der Waals surface area contributed by atoms with Crippen LogP contribution in [0.5, 0.6) is 0 Å². The average Bonchev–Trinajstić information content (AvgIpc) is 2.98. The van der Waals surface area contributed by atoms with E-state index in [4.69, 9.17) is 9.26 Å². The normalized spacial score (nSPS) is 19.0. The van der Waals surface area contributed by atoms with Gasteiger partial charge in [-0.15, -0.1) is 0 Å². The number of morpholine rings is 1. The van der Waals surface area contributed by atoms with E-state index in [2.05, 4.69) is 5.16 Å². The van der Waals surface area contributed by atoms with Gasteiger partial charge in [0.2, 0.25) is 0 Å². The Kier molecular flexibility index (Phi) is 3.24. The van der Waals surface area contributed by atoms with Crippen LogP contribution in [-0.2, 0) is 20.3 Å². The van der Waals surface area contributed by atoms with Gasteiger partial charge in [-0.3, -0.25) is 4.79 Å². The van der Waals surface area contributed by atoms with E-state index in [0.717, 1.165) is 0 Å². The molecule has 23 heavy (non-hydrogen) atoms. The van der Waals surface area contributed by atoms with Crippen LogP contribution in [0, 0.1) is 0 Å². The van der Waals surface area contributed by atoms with Crippen molar-refractivity contribution < 1.29 is 22.5 Å². The molecule has 2 aliphatic heterocycles. The summed E-state index contributed by atoms with van der Waals surface area (Å²) in [5.41, 5.74) is 0.891. The maximum Gasteiger partial charge on any atom is 0.276 e. The highest BCUT2D eigenvalue weighted by Crippen LogP contribution is 2.39. The summed E-state index contributed by atoms with van der Waals surface area (Å²) in [6, 6.07) is 6.60. The van der Waals surface area contributed by atoms with Crippen LogP contribution in [0.2, 0.25) is 0 Å². The van der Waals surface area contributed by atoms with E-state index in [9.17, 15) is 13.2 Å². The number of sulfone groups is 1. The van der Waals surface area contributed by atoms with E-state index in [1.165, 1.54) is 0 Å². The van der Waals surface area contributed by atoms with Crippen molar-refractivity contribution in [1.29, 1.82) is 0 Å². The first-order valence-corrected chi connectivity index (χ1v) is 8.91. The quantitative estimate of drug-likeness (QED) is 0.776. The third-order valence-electron chi connectivity index (χ3n) is 4.09. The fraction of sp³-hybridized carbons (Fsp3) is 0.333. The molecule has 0 spiro atoms. The SMILES string of the molecule is O=C(c1noc2c1CS(=O)(=O)c1ccccc1-2)N1CCOCC1. The Morgan fingerprint density at radius 2 is 1.91 bits per heavy atom. The van der Waals surface area contributed by atoms with Crippen LogP contribution in [0.4, 0.5) is 0 Å². The van der Waals surface area contributed by atoms with Gasteiger partial charge >= 0.3 is 0 Å². The van der Waals surface area contributed by atoms with Crippen molar-refractivity contribution in [2.45, 2.75) is 10.6 Å². The predicted molar refractivity (Wildman–Crippen MR) is 79.6 cm³/mol. The van der Waals surface area contributed by atoms with Gasteiger partial charge in [-0.2, -0.15) is 0 Å². The molecule has 4 rings (SSSR count). The van der Waals surface area contributed by atoms with Crippen LogP contribution in [-0.4, -0.2) is 50.7 Å². The van der Waals surface area contributed by atoms with Gasteiger partial charge in [0.05, 0.1) is 23.9 Å². The Balaban J connectivity index is 1.81. The van der Waals surface area contributed by atoms with Crippen molar-refractivity contribution >= 4 is 15.7 Å². The monoisotopic (exact) mass is 334 g/mol. The number of ether oxygens (including phenoxy) is 1. The Hall–Kier alpha value is -2.19. The molecule has 0 bridgehead atoms. The van der Waals surface area contributed by atoms with Crippen molar-refractivity contribution in [2.75, 3.05) is 26.3 Å². The van der Waals surface area contributed by atoms with Gasteiger partial charge in [-0.25, -0.2) is 8.42 Å². The smallest absolute Gasteiger partial charge is 0.276 e. The van der Waals surface area contributed by atoms with Crippen LogP contribution in [0.15, 0.2) is 33.7 Å². The first kappa shape index (κ1) is 14.4. The number of carbonyl (C=O) groups excluding carboxylic acids is 1. The lowest BCUT2D eigenvalue weighted by Crippen LogP contribution is -2.41. The highest BCUT2D eigenvalue weighted by atomic mass is 32.2. The first-order chi connectivity index (χ1) is 11.1. The number of nitrogens with zero attached hydrogens (tertiary/aromatic N) is 2. The molecular weight excluding hydrogens is 320 g/mol. The maximum absolute atomic E-state index is 12.6.